The number of amides is 1. The van der Waals surface area contributed by atoms with Crippen LogP contribution in [0.4, 0.5) is 5.69 Å². The molecular formula is C21H27N3O4S. The second-order valence-electron chi connectivity index (χ2n) is 6.84. The SMILES string of the molecule is O=C(COc1ccccc1)NCCCS(=O)(=O)N1CCN(c2ccccc2)CC1. The van der Waals surface area contributed by atoms with Crippen LogP contribution < -0.4 is 15.0 Å². The molecule has 0 unspecified atom stereocenters. The molecule has 0 saturated carbocycles. The van der Waals surface area contributed by atoms with E-state index in [0.29, 0.717) is 44.9 Å². The van der Waals surface area contributed by atoms with E-state index < -0.39 is 10.0 Å². The third-order valence-electron chi connectivity index (χ3n) is 4.77. The lowest BCUT2D eigenvalue weighted by Gasteiger charge is -2.35. The van der Waals surface area contributed by atoms with Crippen LogP contribution in [0.2, 0.25) is 0 Å². The highest BCUT2D eigenvalue weighted by Crippen LogP contribution is 2.17. The molecule has 0 aromatic heterocycles. The third-order valence-corrected chi connectivity index (χ3v) is 6.72. The van der Waals surface area contributed by atoms with Crippen molar-refractivity contribution in [2.24, 2.45) is 0 Å². The van der Waals surface area contributed by atoms with Crippen LogP contribution in [0.25, 0.3) is 0 Å². The number of benzene rings is 2. The molecule has 1 N–H and O–H groups in total. The number of sulfonamides is 1. The predicted molar refractivity (Wildman–Crippen MR) is 114 cm³/mol. The van der Waals surface area contributed by atoms with Crippen LogP contribution in [0.3, 0.4) is 0 Å². The summed E-state index contributed by atoms with van der Waals surface area (Å²) in [5.74, 6) is 0.389. The van der Waals surface area contributed by atoms with E-state index >= 15 is 0 Å². The van der Waals surface area contributed by atoms with Crippen molar-refractivity contribution in [3.05, 3.63) is 60.7 Å². The van der Waals surface area contributed by atoms with Gasteiger partial charge in [0.1, 0.15) is 5.75 Å². The van der Waals surface area contributed by atoms with Gasteiger partial charge in [0.25, 0.3) is 5.91 Å². The summed E-state index contributed by atoms with van der Waals surface area (Å²) >= 11 is 0. The monoisotopic (exact) mass is 417 g/mol. The molecule has 0 atom stereocenters. The second kappa shape index (κ2) is 10.3. The van der Waals surface area contributed by atoms with Gasteiger partial charge in [-0.1, -0.05) is 36.4 Å². The number of carbonyl (C=O) groups excluding carboxylic acids is 1. The van der Waals surface area contributed by atoms with Crippen molar-refractivity contribution in [3.8, 4) is 5.75 Å². The van der Waals surface area contributed by atoms with E-state index in [2.05, 4.69) is 10.2 Å². The van der Waals surface area contributed by atoms with E-state index in [4.69, 9.17) is 4.74 Å². The molecule has 1 amide bonds. The van der Waals surface area contributed by atoms with Crippen molar-refractivity contribution < 1.29 is 17.9 Å². The molecule has 1 heterocycles. The first-order valence-corrected chi connectivity index (χ1v) is 11.4. The Morgan fingerprint density at radius 1 is 0.931 bits per heavy atom. The molecule has 29 heavy (non-hydrogen) atoms. The molecule has 2 aromatic rings. The van der Waals surface area contributed by atoms with Gasteiger partial charge in [-0.15, -0.1) is 0 Å². The van der Waals surface area contributed by atoms with Gasteiger partial charge in [-0.2, -0.15) is 4.31 Å². The molecule has 1 fully saturated rings. The average Bonchev–Trinajstić information content (AvgIpc) is 2.77. The summed E-state index contributed by atoms with van der Waals surface area (Å²) in [6, 6.07) is 19.1. The lowest BCUT2D eigenvalue weighted by Crippen LogP contribution is -2.49. The number of rotatable bonds is 9. The second-order valence-corrected chi connectivity index (χ2v) is 8.93. The van der Waals surface area contributed by atoms with Crippen LogP contribution >= 0.6 is 0 Å². The van der Waals surface area contributed by atoms with Gasteiger partial charge in [-0.05, 0) is 30.7 Å². The summed E-state index contributed by atoms with van der Waals surface area (Å²) in [5.41, 5.74) is 1.12. The molecule has 2 aromatic carbocycles. The summed E-state index contributed by atoms with van der Waals surface area (Å²) in [6.07, 6.45) is 0.373. The van der Waals surface area contributed by atoms with Gasteiger partial charge in [0.15, 0.2) is 6.61 Å². The van der Waals surface area contributed by atoms with Gasteiger partial charge >= 0.3 is 0 Å². The Balaban J connectivity index is 1.34. The maximum Gasteiger partial charge on any atom is 0.257 e. The summed E-state index contributed by atoms with van der Waals surface area (Å²) in [4.78, 5) is 14.0. The highest BCUT2D eigenvalue weighted by atomic mass is 32.2. The maximum absolute atomic E-state index is 12.6. The van der Waals surface area contributed by atoms with E-state index in [1.54, 1.807) is 16.4 Å². The Morgan fingerprint density at radius 2 is 1.55 bits per heavy atom. The van der Waals surface area contributed by atoms with E-state index in [1.807, 2.05) is 48.5 Å². The largest absolute Gasteiger partial charge is 0.484 e. The fraction of sp³-hybridized carbons (Fsp3) is 0.381. The molecule has 1 aliphatic rings. The molecule has 3 rings (SSSR count). The van der Waals surface area contributed by atoms with E-state index in [1.165, 1.54) is 0 Å². The Morgan fingerprint density at radius 3 is 2.21 bits per heavy atom. The van der Waals surface area contributed by atoms with Crippen molar-refractivity contribution >= 4 is 21.6 Å². The van der Waals surface area contributed by atoms with Gasteiger partial charge in [0, 0.05) is 38.4 Å². The van der Waals surface area contributed by atoms with E-state index in [9.17, 15) is 13.2 Å². The van der Waals surface area contributed by atoms with Crippen LogP contribution in [0.1, 0.15) is 6.42 Å². The maximum atomic E-state index is 12.6. The molecule has 0 radical (unpaired) electrons. The lowest BCUT2D eigenvalue weighted by atomic mass is 10.2. The number of para-hydroxylation sites is 2. The van der Waals surface area contributed by atoms with Crippen LogP contribution in [-0.2, 0) is 14.8 Å². The van der Waals surface area contributed by atoms with Crippen molar-refractivity contribution in [2.45, 2.75) is 6.42 Å². The highest BCUT2D eigenvalue weighted by Gasteiger charge is 2.26. The molecule has 1 saturated heterocycles. The lowest BCUT2D eigenvalue weighted by molar-refractivity contribution is -0.123. The number of nitrogens with one attached hydrogen (secondary N) is 1. The van der Waals surface area contributed by atoms with Crippen molar-refractivity contribution in [2.75, 3.05) is 50.0 Å². The summed E-state index contributed by atoms with van der Waals surface area (Å²) < 4.78 is 32.0. The summed E-state index contributed by atoms with van der Waals surface area (Å²) in [5, 5.41) is 2.70. The number of nitrogens with zero attached hydrogens (tertiary/aromatic N) is 2. The number of carbonyl (C=O) groups is 1. The minimum absolute atomic E-state index is 0.0260. The van der Waals surface area contributed by atoms with Gasteiger partial charge in [-0.3, -0.25) is 4.79 Å². The first-order valence-electron chi connectivity index (χ1n) is 9.77. The first-order chi connectivity index (χ1) is 14.0. The Labute approximate surface area is 172 Å². The minimum Gasteiger partial charge on any atom is -0.484 e. The number of anilines is 1. The number of hydrogen-bond acceptors (Lipinski definition) is 5. The summed E-state index contributed by atoms with van der Waals surface area (Å²) in [7, 11) is -3.32. The Hall–Kier alpha value is -2.58. The third kappa shape index (κ3) is 6.47. The smallest absolute Gasteiger partial charge is 0.257 e. The van der Waals surface area contributed by atoms with E-state index in [0.717, 1.165) is 5.69 Å². The van der Waals surface area contributed by atoms with Gasteiger partial charge in [-0.25, -0.2) is 8.42 Å². The molecule has 0 aliphatic carbocycles. The number of hydrogen-bond donors (Lipinski definition) is 1. The molecule has 1 aliphatic heterocycles. The minimum atomic E-state index is -3.32. The quantitative estimate of drug-likeness (QED) is 0.629. The normalized spacial score (nSPS) is 15.1. The zero-order chi connectivity index (χ0) is 20.5. The molecule has 8 heteroatoms. The van der Waals surface area contributed by atoms with Gasteiger partial charge in [0.2, 0.25) is 10.0 Å². The molecular weight excluding hydrogens is 390 g/mol. The van der Waals surface area contributed by atoms with Crippen LogP contribution in [0.15, 0.2) is 60.7 Å². The summed E-state index contributed by atoms with van der Waals surface area (Å²) in [6.45, 7) is 2.54. The van der Waals surface area contributed by atoms with Crippen molar-refractivity contribution in [3.63, 3.8) is 0 Å². The Bertz CT molecular complexity index is 867. The van der Waals surface area contributed by atoms with E-state index in [-0.39, 0.29) is 18.3 Å². The molecule has 7 nitrogen and oxygen atoms in total. The molecule has 156 valence electrons. The highest BCUT2D eigenvalue weighted by molar-refractivity contribution is 7.89. The zero-order valence-corrected chi connectivity index (χ0v) is 17.2. The topological polar surface area (TPSA) is 78.9 Å². The first kappa shape index (κ1) is 21.1. The fourth-order valence-corrected chi connectivity index (χ4v) is 4.68. The van der Waals surface area contributed by atoms with Crippen LogP contribution in [-0.4, -0.2) is 63.7 Å². The zero-order valence-electron chi connectivity index (χ0n) is 16.4. The van der Waals surface area contributed by atoms with Crippen LogP contribution in [0.5, 0.6) is 5.75 Å². The van der Waals surface area contributed by atoms with Gasteiger partial charge < -0.3 is 15.0 Å². The fourth-order valence-electron chi connectivity index (χ4n) is 3.19. The predicted octanol–water partition coefficient (Wildman–Crippen LogP) is 1.72. The molecule has 0 spiro atoms. The average molecular weight is 418 g/mol. The van der Waals surface area contributed by atoms with Gasteiger partial charge in [0.05, 0.1) is 5.75 Å². The standard InChI is InChI=1S/C21H27N3O4S/c25-21(18-28-20-10-5-2-6-11-20)22-12-7-17-29(26,27)24-15-13-23(14-16-24)19-8-3-1-4-9-19/h1-6,8-11H,7,12-18H2,(H,22,25). The van der Waals surface area contributed by atoms with Crippen molar-refractivity contribution in [1.29, 1.82) is 0 Å². The van der Waals surface area contributed by atoms with Crippen LogP contribution in [0, 0.1) is 0 Å². The van der Waals surface area contributed by atoms with Crippen molar-refractivity contribution in [1.82, 2.24) is 9.62 Å². The molecule has 0 bridgehead atoms. The number of piperazine rings is 1. The Kier molecular flexibility index (Phi) is 7.48. The number of ether oxygens (including phenoxy) is 1.